The summed E-state index contributed by atoms with van der Waals surface area (Å²) >= 11 is 3.60. The largest absolute Gasteiger partial charge is 0.466 e. The van der Waals surface area contributed by atoms with Gasteiger partial charge in [0.2, 0.25) is 0 Å². The number of furan rings is 1. The molecule has 3 nitrogen and oxygen atoms in total. The molecule has 0 fully saturated rings. The summed E-state index contributed by atoms with van der Waals surface area (Å²) in [6.07, 6.45) is 2.82. The van der Waals surface area contributed by atoms with Crippen LogP contribution < -0.4 is 5.32 Å². The van der Waals surface area contributed by atoms with Crippen LogP contribution in [-0.2, 0) is 0 Å². The quantitative estimate of drug-likeness (QED) is 0.774. The third kappa shape index (κ3) is 3.41. The molecule has 0 saturated carbocycles. The molecule has 1 aromatic rings. The molecule has 0 aliphatic rings. The zero-order chi connectivity index (χ0) is 14.5. The molecule has 0 aromatic carbocycles. The highest BCUT2D eigenvalue weighted by atomic mass is 79.9. The molecule has 1 aromatic heterocycles. The van der Waals surface area contributed by atoms with E-state index in [2.05, 4.69) is 60.8 Å². The highest BCUT2D eigenvalue weighted by Crippen LogP contribution is 2.37. The Morgan fingerprint density at radius 3 is 2.32 bits per heavy atom. The number of nitrogens with one attached hydrogen (secondary N) is 1. The van der Waals surface area contributed by atoms with Crippen LogP contribution in [0.15, 0.2) is 21.2 Å². The Hall–Kier alpha value is -0.320. The van der Waals surface area contributed by atoms with E-state index in [1.165, 1.54) is 0 Å². The lowest BCUT2D eigenvalue weighted by atomic mass is 9.85. The van der Waals surface area contributed by atoms with Gasteiger partial charge >= 0.3 is 0 Å². The van der Waals surface area contributed by atoms with E-state index in [1.54, 1.807) is 6.26 Å². The van der Waals surface area contributed by atoms with Crippen molar-refractivity contribution in [2.45, 2.75) is 52.6 Å². The Bertz CT molecular complexity index is 376. The molecule has 2 atom stereocenters. The summed E-state index contributed by atoms with van der Waals surface area (Å²) in [6, 6.07) is 2.16. The van der Waals surface area contributed by atoms with E-state index in [0.717, 1.165) is 36.3 Å². The smallest absolute Gasteiger partial charge is 0.136 e. The second-order valence-electron chi connectivity index (χ2n) is 5.01. The Labute approximate surface area is 125 Å². The van der Waals surface area contributed by atoms with E-state index in [1.807, 2.05) is 6.07 Å². The Kier molecular flexibility index (Phi) is 6.57. The minimum Gasteiger partial charge on any atom is -0.466 e. The maximum absolute atomic E-state index is 5.73. The molecule has 1 rings (SSSR count). The van der Waals surface area contributed by atoms with E-state index >= 15 is 0 Å². The summed E-state index contributed by atoms with van der Waals surface area (Å²) < 4.78 is 6.78. The molecule has 19 heavy (non-hydrogen) atoms. The first-order valence-electron chi connectivity index (χ1n) is 7.26. The van der Waals surface area contributed by atoms with Gasteiger partial charge in [-0.25, -0.2) is 0 Å². The predicted molar refractivity (Wildman–Crippen MR) is 84.4 cm³/mol. The van der Waals surface area contributed by atoms with Gasteiger partial charge in [0, 0.05) is 5.54 Å². The van der Waals surface area contributed by atoms with Gasteiger partial charge in [0.25, 0.3) is 0 Å². The highest BCUT2D eigenvalue weighted by molar-refractivity contribution is 9.10. The lowest BCUT2D eigenvalue weighted by Gasteiger charge is -2.45. The standard InChI is InChI=1S/C15H27BrN2O/c1-6-15(5,18(8-3)9-4)14(17-7-2)13-12(16)10-11-19-13/h10-11,14,17H,6-9H2,1-5H3. The fraction of sp³-hybridized carbons (Fsp3) is 0.733. The molecule has 1 N–H and O–H groups in total. The van der Waals surface area contributed by atoms with Crippen molar-refractivity contribution in [3.05, 3.63) is 22.6 Å². The maximum Gasteiger partial charge on any atom is 0.136 e. The van der Waals surface area contributed by atoms with Crippen molar-refractivity contribution in [3.8, 4) is 0 Å². The number of likely N-dealkylation sites (N-methyl/N-ethyl adjacent to an activating group) is 2. The average Bonchev–Trinajstić information content (AvgIpc) is 2.83. The van der Waals surface area contributed by atoms with Crippen molar-refractivity contribution in [1.29, 1.82) is 0 Å². The van der Waals surface area contributed by atoms with Crippen LogP contribution in [0.5, 0.6) is 0 Å². The molecule has 1 heterocycles. The fourth-order valence-electron chi connectivity index (χ4n) is 2.87. The summed E-state index contributed by atoms with van der Waals surface area (Å²) in [7, 11) is 0. The third-order valence-corrected chi connectivity index (χ3v) is 4.79. The molecule has 0 amide bonds. The van der Waals surface area contributed by atoms with Gasteiger partial charge in [-0.2, -0.15) is 0 Å². The van der Waals surface area contributed by atoms with E-state index in [4.69, 9.17) is 4.42 Å². The van der Waals surface area contributed by atoms with E-state index in [-0.39, 0.29) is 11.6 Å². The number of nitrogens with zero attached hydrogens (tertiary/aromatic N) is 1. The van der Waals surface area contributed by atoms with Gasteiger partial charge in [0.05, 0.1) is 16.8 Å². The first-order valence-corrected chi connectivity index (χ1v) is 8.05. The first kappa shape index (κ1) is 16.7. The Balaban J connectivity index is 3.17. The predicted octanol–water partition coefficient (Wildman–Crippen LogP) is 4.20. The topological polar surface area (TPSA) is 28.4 Å². The molecular weight excluding hydrogens is 304 g/mol. The van der Waals surface area contributed by atoms with Crippen molar-refractivity contribution in [1.82, 2.24) is 10.2 Å². The SMILES string of the molecule is CCNC(c1occc1Br)C(C)(CC)N(CC)CC. The van der Waals surface area contributed by atoms with Crippen LogP contribution in [-0.4, -0.2) is 30.1 Å². The molecule has 0 aliphatic heterocycles. The number of halogens is 1. The van der Waals surface area contributed by atoms with E-state index in [0.29, 0.717) is 0 Å². The molecule has 0 aliphatic carbocycles. The normalized spacial score (nSPS) is 16.6. The third-order valence-electron chi connectivity index (χ3n) is 4.14. The monoisotopic (exact) mass is 330 g/mol. The molecule has 2 unspecified atom stereocenters. The van der Waals surface area contributed by atoms with Gasteiger partial charge in [0.1, 0.15) is 5.76 Å². The summed E-state index contributed by atoms with van der Waals surface area (Å²) in [5.74, 6) is 0.998. The zero-order valence-corrected chi connectivity index (χ0v) is 14.4. The first-order chi connectivity index (χ1) is 9.04. The second kappa shape index (κ2) is 7.46. The van der Waals surface area contributed by atoms with Crippen LogP contribution in [0, 0.1) is 0 Å². The van der Waals surface area contributed by atoms with Crippen molar-refractivity contribution in [2.75, 3.05) is 19.6 Å². The Morgan fingerprint density at radius 1 is 1.32 bits per heavy atom. The van der Waals surface area contributed by atoms with Gasteiger partial charge < -0.3 is 9.73 Å². The number of hydrogen-bond donors (Lipinski definition) is 1. The summed E-state index contributed by atoms with van der Waals surface area (Å²) in [6.45, 7) is 14.2. The zero-order valence-electron chi connectivity index (χ0n) is 12.8. The van der Waals surface area contributed by atoms with Gasteiger partial charge in [-0.15, -0.1) is 0 Å². The lowest BCUT2D eigenvalue weighted by Crippen LogP contribution is -2.54. The summed E-state index contributed by atoms with van der Waals surface area (Å²) in [4.78, 5) is 2.51. The molecule has 0 spiro atoms. The van der Waals surface area contributed by atoms with Crippen LogP contribution in [0.3, 0.4) is 0 Å². The van der Waals surface area contributed by atoms with Gasteiger partial charge in [0.15, 0.2) is 0 Å². The van der Waals surface area contributed by atoms with E-state index in [9.17, 15) is 0 Å². The van der Waals surface area contributed by atoms with Crippen LogP contribution in [0.4, 0.5) is 0 Å². The van der Waals surface area contributed by atoms with Gasteiger partial charge in [-0.05, 0) is 55.0 Å². The highest BCUT2D eigenvalue weighted by Gasteiger charge is 2.40. The molecule has 110 valence electrons. The van der Waals surface area contributed by atoms with Gasteiger partial charge in [-0.3, -0.25) is 4.90 Å². The van der Waals surface area contributed by atoms with Crippen molar-refractivity contribution in [2.24, 2.45) is 0 Å². The van der Waals surface area contributed by atoms with Crippen molar-refractivity contribution < 1.29 is 4.42 Å². The minimum atomic E-state index is 0.0416. The number of rotatable bonds is 8. The lowest BCUT2D eigenvalue weighted by molar-refractivity contribution is 0.0616. The molecule has 0 saturated heterocycles. The minimum absolute atomic E-state index is 0.0416. The summed E-state index contributed by atoms with van der Waals surface area (Å²) in [5, 5.41) is 3.60. The molecule has 0 radical (unpaired) electrons. The van der Waals surface area contributed by atoms with E-state index < -0.39 is 0 Å². The molecule has 4 heteroatoms. The second-order valence-corrected chi connectivity index (χ2v) is 5.86. The van der Waals surface area contributed by atoms with Crippen LogP contribution in [0.25, 0.3) is 0 Å². The average molecular weight is 331 g/mol. The van der Waals surface area contributed by atoms with Crippen molar-refractivity contribution >= 4 is 15.9 Å². The fourth-order valence-corrected chi connectivity index (χ4v) is 3.30. The summed E-state index contributed by atoms with van der Waals surface area (Å²) in [5.41, 5.74) is 0.0416. The van der Waals surface area contributed by atoms with Gasteiger partial charge in [-0.1, -0.05) is 27.7 Å². The van der Waals surface area contributed by atoms with Crippen LogP contribution in [0.1, 0.15) is 52.8 Å². The van der Waals surface area contributed by atoms with Crippen LogP contribution >= 0.6 is 15.9 Å². The molecule has 0 bridgehead atoms. The number of hydrogen-bond acceptors (Lipinski definition) is 3. The maximum atomic E-state index is 5.73. The van der Waals surface area contributed by atoms with Crippen LogP contribution in [0.2, 0.25) is 0 Å². The Morgan fingerprint density at radius 2 is 1.95 bits per heavy atom. The molecular formula is C15H27BrN2O. The van der Waals surface area contributed by atoms with Crippen molar-refractivity contribution in [3.63, 3.8) is 0 Å².